The monoisotopic (exact) mass is 270 g/mol. The van der Waals surface area contributed by atoms with Crippen molar-refractivity contribution >= 4 is 5.91 Å². The number of piperidine rings is 1. The molecule has 0 saturated carbocycles. The zero-order chi connectivity index (χ0) is 14.6. The van der Waals surface area contributed by atoms with Crippen molar-refractivity contribution in [2.45, 2.75) is 52.7 Å². The molecule has 0 aromatic rings. The van der Waals surface area contributed by atoms with Crippen molar-refractivity contribution < 1.29 is 9.90 Å². The van der Waals surface area contributed by atoms with Crippen LogP contribution in [0, 0.1) is 11.8 Å². The van der Waals surface area contributed by atoms with Crippen LogP contribution in [0.25, 0.3) is 0 Å². The highest BCUT2D eigenvalue weighted by molar-refractivity contribution is 5.78. The molecule has 0 radical (unpaired) electrons. The molecule has 3 atom stereocenters. The standard InChI is InChI=1S/C15H30N2O2/c1-11(2)8-13(4)16(5)15(19)10-17-7-6-12(3)14(18)9-17/h11-14,18H,6-10H2,1-5H3. The third-order valence-corrected chi connectivity index (χ3v) is 4.23. The average Bonchev–Trinajstić information content (AvgIpc) is 2.32. The SMILES string of the molecule is CC(C)CC(C)N(C)C(=O)CN1CCC(C)C(O)C1. The lowest BCUT2D eigenvalue weighted by atomic mass is 9.96. The summed E-state index contributed by atoms with van der Waals surface area (Å²) >= 11 is 0. The lowest BCUT2D eigenvalue weighted by Gasteiger charge is -2.35. The molecule has 0 spiro atoms. The van der Waals surface area contributed by atoms with E-state index in [2.05, 4.69) is 32.6 Å². The Balaban J connectivity index is 2.41. The number of aliphatic hydroxyl groups is 1. The summed E-state index contributed by atoms with van der Waals surface area (Å²) in [7, 11) is 1.89. The maximum Gasteiger partial charge on any atom is 0.236 e. The first kappa shape index (κ1) is 16.4. The fourth-order valence-electron chi connectivity index (χ4n) is 2.65. The van der Waals surface area contributed by atoms with Gasteiger partial charge in [-0.05, 0) is 38.1 Å². The molecule has 3 unspecified atom stereocenters. The Kier molecular flexibility index (Phi) is 6.27. The van der Waals surface area contributed by atoms with E-state index >= 15 is 0 Å². The molecule has 1 fully saturated rings. The van der Waals surface area contributed by atoms with Crippen molar-refractivity contribution in [3.05, 3.63) is 0 Å². The van der Waals surface area contributed by atoms with Gasteiger partial charge in [0.1, 0.15) is 0 Å². The number of likely N-dealkylation sites (N-methyl/N-ethyl adjacent to an activating group) is 1. The molecule has 19 heavy (non-hydrogen) atoms. The van der Waals surface area contributed by atoms with Gasteiger partial charge in [-0.2, -0.15) is 0 Å². The van der Waals surface area contributed by atoms with Crippen LogP contribution in [0.1, 0.15) is 40.5 Å². The third kappa shape index (κ3) is 5.11. The van der Waals surface area contributed by atoms with Gasteiger partial charge in [-0.15, -0.1) is 0 Å². The number of β-amino-alcohol motifs (C(OH)–C–C–N with tert-alkyl or cyclic N) is 1. The van der Waals surface area contributed by atoms with E-state index in [1.807, 2.05) is 11.9 Å². The Morgan fingerprint density at radius 1 is 1.42 bits per heavy atom. The van der Waals surface area contributed by atoms with Crippen LogP contribution in [-0.4, -0.2) is 59.6 Å². The molecule has 0 aliphatic carbocycles. The fourth-order valence-corrected chi connectivity index (χ4v) is 2.65. The number of hydrogen-bond donors (Lipinski definition) is 1. The summed E-state index contributed by atoms with van der Waals surface area (Å²) in [4.78, 5) is 16.2. The first-order chi connectivity index (χ1) is 8.81. The second kappa shape index (κ2) is 7.25. The predicted octanol–water partition coefficient (Wildman–Crippen LogP) is 1.58. The molecule has 0 aromatic carbocycles. The Morgan fingerprint density at radius 2 is 2.05 bits per heavy atom. The molecule has 1 amide bonds. The highest BCUT2D eigenvalue weighted by Gasteiger charge is 2.27. The van der Waals surface area contributed by atoms with Crippen molar-refractivity contribution in [2.75, 3.05) is 26.7 Å². The molecule has 1 aliphatic heterocycles. The van der Waals surface area contributed by atoms with E-state index in [1.165, 1.54) is 0 Å². The van der Waals surface area contributed by atoms with Crippen molar-refractivity contribution in [2.24, 2.45) is 11.8 Å². The van der Waals surface area contributed by atoms with Gasteiger partial charge in [0.05, 0.1) is 12.6 Å². The maximum absolute atomic E-state index is 12.2. The summed E-state index contributed by atoms with van der Waals surface area (Å²) in [6, 6.07) is 0.279. The van der Waals surface area contributed by atoms with E-state index < -0.39 is 0 Å². The smallest absolute Gasteiger partial charge is 0.236 e. The zero-order valence-corrected chi connectivity index (χ0v) is 13.1. The highest BCUT2D eigenvalue weighted by Crippen LogP contribution is 2.17. The van der Waals surface area contributed by atoms with Gasteiger partial charge in [0.15, 0.2) is 0 Å². The van der Waals surface area contributed by atoms with E-state index in [-0.39, 0.29) is 18.1 Å². The van der Waals surface area contributed by atoms with Gasteiger partial charge >= 0.3 is 0 Å². The van der Waals surface area contributed by atoms with E-state index in [9.17, 15) is 9.90 Å². The zero-order valence-electron chi connectivity index (χ0n) is 13.1. The molecule has 1 heterocycles. The molecule has 1 N–H and O–H groups in total. The third-order valence-electron chi connectivity index (χ3n) is 4.23. The molecule has 1 rings (SSSR count). The number of carbonyl (C=O) groups is 1. The summed E-state index contributed by atoms with van der Waals surface area (Å²) in [5.41, 5.74) is 0. The molecule has 0 aromatic heterocycles. The van der Waals surface area contributed by atoms with Gasteiger partial charge in [0.25, 0.3) is 0 Å². The molecule has 112 valence electrons. The Hall–Kier alpha value is -0.610. The van der Waals surface area contributed by atoms with Gasteiger partial charge in [-0.1, -0.05) is 20.8 Å². The van der Waals surface area contributed by atoms with E-state index in [1.54, 1.807) is 0 Å². The quantitative estimate of drug-likeness (QED) is 0.825. The molecule has 4 nitrogen and oxygen atoms in total. The summed E-state index contributed by atoms with van der Waals surface area (Å²) in [5.74, 6) is 1.11. The van der Waals surface area contributed by atoms with Crippen LogP contribution in [-0.2, 0) is 4.79 Å². The number of carbonyl (C=O) groups excluding carboxylic acids is 1. The van der Waals surface area contributed by atoms with Crippen molar-refractivity contribution in [3.8, 4) is 0 Å². The predicted molar refractivity (Wildman–Crippen MR) is 77.9 cm³/mol. The van der Waals surface area contributed by atoms with E-state index in [0.717, 1.165) is 19.4 Å². The first-order valence-electron chi connectivity index (χ1n) is 7.47. The fraction of sp³-hybridized carbons (Fsp3) is 0.933. The van der Waals surface area contributed by atoms with Crippen LogP contribution in [0.2, 0.25) is 0 Å². The highest BCUT2D eigenvalue weighted by atomic mass is 16.3. The van der Waals surface area contributed by atoms with E-state index in [4.69, 9.17) is 0 Å². The van der Waals surface area contributed by atoms with Crippen LogP contribution >= 0.6 is 0 Å². The summed E-state index contributed by atoms with van der Waals surface area (Å²) < 4.78 is 0. The van der Waals surface area contributed by atoms with Gasteiger partial charge < -0.3 is 10.0 Å². The average molecular weight is 270 g/mol. The van der Waals surface area contributed by atoms with E-state index in [0.29, 0.717) is 24.9 Å². The van der Waals surface area contributed by atoms with Gasteiger partial charge in [-0.3, -0.25) is 9.69 Å². The molecule has 1 saturated heterocycles. The van der Waals surface area contributed by atoms with Gasteiger partial charge in [0.2, 0.25) is 5.91 Å². The van der Waals surface area contributed by atoms with Crippen LogP contribution in [0.5, 0.6) is 0 Å². The van der Waals surface area contributed by atoms with Crippen LogP contribution in [0.15, 0.2) is 0 Å². The largest absolute Gasteiger partial charge is 0.392 e. The second-order valence-corrected chi connectivity index (χ2v) is 6.55. The number of hydrogen-bond acceptors (Lipinski definition) is 3. The summed E-state index contributed by atoms with van der Waals surface area (Å²) in [5, 5.41) is 9.86. The van der Waals surface area contributed by atoms with Crippen LogP contribution < -0.4 is 0 Å². The Morgan fingerprint density at radius 3 is 2.58 bits per heavy atom. The number of rotatable bonds is 5. The molecular formula is C15H30N2O2. The lowest BCUT2D eigenvalue weighted by molar-refractivity contribution is -0.134. The topological polar surface area (TPSA) is 43.8 Å². The first-order valence-corrected chi connectivity index (χ1v) is 7.47. The Labute approximate surface area is 117 Å². The number of nitrogens with zero attached hydrogens (tertiary/aromatic N) is 2. The van der Waals surface area contributed by atoms with Crippen molar-refractivity contribution in [1.29, 1.82) is 0 Å². The Bertz CT molecular complexity index is 294. The second-order valence-electron chi connectivity index (χ2n) is 6.55. The molecule has 0 bridgehead atoms. The number of aliphatic hydroxyl groups excluding tert-OH is 1. The number of likely N-dealkylation sites (tertiary alicyclic amines) is 1. The van der Waals surface area contributed by atoms with Crippen LogP contribution in [0.4, 0.5) is 0 Å². The minimum absolute atomic E-state index is 0.162. The van der Waals surface area contributed by atoms with Crippen LogP contribution in [0.3, 0.4) is 0 Å². The van der Waals surface area contributed by atoms with Gasteiger partial charge in [0, 0.05) is 19.6 Å². The lowest BCUT2D eigenvalue weighted by Crippen LogP contribution is -2.48. The summed E-state index contributed by atoms with van der Waals surface area (Å²) in [6.07, 6.45) is 1.71. The molecular weight excluding hydrogens is 240 g/mol. The minimum atomic E-state index is -0.292. The van der Waals surface area contributed by atoms with Crippen molar-refractivity contribution in [3.63, 3.8) is 0 Å². The molecule has 1 aliphatic rings. The normalized spacial score (nSPS) is 26.5. The van der Waals surface area contributed by atoms with Gasteiger partial charge in [-0.25, -0.2) is 0 Å². The number of amides is 1. The molecule has 4 heteroatoms. The maximum atomic E-state index is 12.2. The van der Waals surface area contributed by atoms with Crippen molar-refractivity contribution in [1.82, 2.24) is 9.80 Å². The minimum Gasteiger partial charge on any atom is -0.392 e. The summed E-state index contributed by atoms with van der Waals surface area (Å²) in [6.45, 7) is 10.5.